The van der Waals surface area contributed by atoms with Crippen LogP contribution in [0.5, 0.6) is 0 Å². The Morgan fingerprint density at radius 1 is 1.06 bits per heavy atom. The normalized spacial score (nSPS) is 19.3. The number of aromatic nitrogens is 1. The number of urea groups is 1. The second-order valence-electron chi connectivity index (χ2n) is 9.05. The summed E-state index contributed by atoms with van der Waals surface area (Å²) in [4.78, 5) is 35.2. The molecule has 0 bridgehead atoms. The van der Waals surface area contributed by atoms with E-state index in [1.165, 1.54) is 0 Å². The number of fused-ring (bicyclic) bond motifs is 6. The second kappa shape index (κ2) is 8.58. The van der Waals surface area contributed by atoms with Crippen molar-refractivity contribution in [2.24, 2.45) is 0 Å². The Morgan fingerprint density at radius 2 is 1.85 bits per heavy atom. The van der Waals surface area contributed by atoms with E-state index in [1.54, 1.807) is 4.90 Å². The van der Waals surface area contributed by atoms with Gasteiger partial charge < -0.3 is 20.1 Å². The van der Waals surface area contributed by atoms with Crippen LogP contribution in [-0.2, 0) is 16.8 Å². The number of nitrogens with zero attached hydrogens (tertiary/aromatic N) is 2. The highest BCUT2D eigenvalue weighted by atomic mass is 16.2. The van der Waals surface area contributed by atoms with Crippen molar-refractivity contribution in [2.45, 2.75) is 51.5 Å². The number of amides is 3. The third kappa shape index (κ3) is 3.15. The van der Waals surface area contributed by atoms with Crippen LogP contribution in [0.2, 0.25) is 0 Å². The molecule has 0 fully saturated rings. The Morgan fingerprint density at radius 3 is 2.67 bits per heavy atom. The summed E-state index contributed by atoms with van der Waals surface area (Å²) in [5.74, 6) is -0.0287. The van der Waals surface area contributed by atoms with Gasteiger partial charge in [0.15, 0.2) is 5.54 Å². The largest absolute Gasteiger partial charge is 0.355 e. The van der Waals surface area contributed by atoms with E-state index in [9.17, 15) is 9.59 Å². The maximum atomic E-state index is 14.4. The minimum Gasteiger partial charge on any atom is -0.355 e. The summed E-state index contributed by atoms with van der Waals surface area (Å²) in [7, 11) is 0. The van der Waals surface area contributed by atoms with E-state index in [1.807, 2.05) is 54.3 Å². The number of para-hydroxylation sites is 2. The Labute approximate surface area is 195 Å². The molecule has 1 aromatic heterocycles. The zero-order valence-electron chi connectivity index (χ0n) is 19.5. The van der Waals surface area contributed by atoms with Crippen molar-refractivity contribution in [3.05, 3.63) is 65.4 Å². The number of carbonyl (C=O) groups is 2. The van der Waals surface area contributed by atoms with Crippen LogP contribution in [0.1, 0.15) is 56.4 Å². The minimum absolute atomic E-state index is 0.0287. The van der Waals surface area contributed by atoms with Crippen molar-refractivity contribution >= 4 is 28.5 Å². The Bertz CT molecular complexity index is 1200. The molecule has 172 valence electrons. The summed E-state index contributed by atoms with van der Waals surface area (Å²) in [6.07, 6.45) is 4.65. The number of hydrogen-bond donors (Lipinski definition) is 2. The van der Waals surface area contributed by atoms with Crippen LogP contribution in [0.3, 0.4) is 0 Å². The average molecular weight is 445 g/mol. The van der Waals surface area contributed by atoms with Gasteiger partial charge in [0.2, 0.25) is 0 Å². The molecule has 6 nitrogen and oxygen atoms in total. The van der Waals surface area contributed by atoms with Gasteiger partial charge in [0.05, 0.1) is 11.4 Å². The zero-order valence-corrected chi connectivity index (χ0v) is 19.5. The maximum absolute atomic E-state index is 14.4. The molecule has 3 amide bonds. The predicted molar refractivity (Wildman–Crippen MR) is 131 cm³/mol. The van der Waals surface area contributed by atoms with Crippen molar-refractivity contribution in [1.82, 2.24) is 15.2 Å². The van der Waals surface area contributed by atoms with Gasteiger partial charge in [-0.1, -0.05) is 63.1 Å². The molecule has 6 heteroatoms. The predicted octanol–water partition coefficient (Wildman–Crippen LogP) is 4.93. The Hall–Kier alpha value is -3.28. The van der Waals surface area contributed by atoms with Crippen molar-refractivity contribution in [3.63, 3.8) is 0 Å². The van der Waals surface area contributed by atoms with Gasteiger partial charge in [0.25, 0.3) is 5.91 Å². The highest BCUT2D eigenvalue weighted by Crippen LogP contribution is 2.52. The fourth-order valence-electron chi connectivity index (χ4n) is 5.56. The lowest BCUT2D eigenvalue weighted by Crippen LogP contribution is -2.61. The van der Waals surface area contributed by atoms with Crippen molar-refractivity contribution in [2.75, 3.05) is 24.5 Å². The monoisotopic (exact) mass is 444 g/mol. The molecule has 5 rings (SSSR count). The van der Waals surface area contributed by atoms with Gasteiger partial charge >= 0.3 is 6.03 Å². The number of hydrogen-bond acceptors (Lipinski definition) is 2. The van der Waals surface area contributed by atoms with Crippen LogP contribution in [-0.4, -0.2) is 41.5 Å². The standard InChI is InChI=1S/C27H32N4O2/c1-3-5-10-17-30-23-14-9-7-12-21(23)27(25(30)32)24-20(19-11-6-8-13-22(19)29-24)15-18-31(27)26(33)28-16-4-2/h6-9,11-14,29H,3-5,10,15-18H2,1-2H3,(H,28,33)/t27-/m1/s1. The molecular formula is C27H32N4O2. The van der Waals surface area contributed by atoms with E-state index in [2.05, 4.69) is 23.3 Å². The summed E-state index contributed by atoms with van der Waals surface area (Å²) in [6.45, 7) is 5.94. The summed E-state index contributed by atoms with van der Waals surface area (Å²) in [6, 6.07) is 16.0. The quantitative estimate of drug-likeness (QED) is 0.530. The van der Waals surface area contributed by atoms with Gasteiger partial charge in [-0.25, -0.2) is 4.79 Å². The third-order valence-corrected chi connectivity index (χ3v) is 7.06. The molecule has 0 radical (unpaired) electrons. The number of nitrogens with one attached hydrogen (secondary N) is 2. The molecule has 0 saturated carbocycles. The zero-order chi connectivity index (χ0) is 23.0. The maximum Gasteiger partial charge on any atom is 0.318 e. The molecule has 1 spiro atoms. The molecule has 2 N–H and O–H groups in total. The fraction of sp³-hybridized carbons (Fsp3) is 0.407. The summed E-state index contributed by atoms with van der Waals surface area (Å²) < 4.78 is 0. The average Bonchev–Trinajstić information content (AvgIpc) is 3.33. The van der Waals surface area contributed by atoms with Gasteiger partial charge in [0, 0.05) is 36.1 Å². The van der Waals surface area contributed by atoms with Crippen molar-refractivity contribution < 1.29 is 9.59 Å². The van der Waals surface area contributed by atoms with Crippen molar-refractivity contribution in [1.29, 1.82) is 0 Å². The van der Waals surface area contributed by atoms with Gasteiger partial charge in [-0.05, 0) is 37.0 Å². The van der Waals surface area contributed by atoms with Crippen LogP contribution in [0, 0.1) is 0 Å². The lowest BCUT2D eigenvalue weighted by Gasteiger charge is -2.43. The van der Waals surface area contributed by atoms with Crippen LogP contribution in [0.4, 0.5) is 10.5 Å². The first kappa shape index (κ1) is 21.6. The molecule has 1 atom stereocenters. The van der Waals surface area contributed by atoms with E-state index in [0.29, 0.717) is 26.1 Å². The molecule has 0 aliphatic carbocycles. The first-order chi connectivity index (χ1) is 16.1. The van der Waals surface area contributed by atoms with Crippen molar-refractivity contribution in [3.8, 4) is 0 Å². The van der Waals surface area contributed by atoms with E-state index in [-0.39, 0.29) is 11.9 Å². The number of carbonyl (C=O) groups excluding carboxylic acids is 2. The molecule has 0 saturated heterocycles. The number of aromatic amines is 1. The summed E-state index contributed by atoms with van der Waals surface area (Å²) in [5.41, 5.74) is 3.63. The molecule has 2 aromatic carbocycles. The molecule has 3 heterocycles. The second-order valence-corrected chi connectivity index (χ2v) is 9.05. The van der Waals surface area contributed by atoms with Gasteiger partial charge in [-0.15, -0.1) is 0 Å². The Kier molecular flexibility index (Phi) is 5.60. The summed E-state index contributed by atoms with van der Waals surface area (Å²) in [5, 5.41) is 4.17. The van der Waals surface area contributed by atoms with Crippen LogP contribution in [0.15, 0.2) is 48.5 Å². The number of unbranched alkanes of at least 4 members (excludes halogenated alkanes) is 2. The van der Waals surface area contributed by atoms with E-state index in [4.69, 9.17) is 0 Å². The van der Waals surface area contributed by atoms with E-state index in [0.717, 1.165) is 59.1 Å². The molecule has 3 aromatic rings. The van der Waals surface area contributed by atoms with Gasteiger partial charge in [0.1, 0.15) is 0 Å². The third-order valence-electron chi connectivity index (χ3n) is 7.06. The SMILES string of the molecule is CCCCCN1C(=O)[C@@]2(c3ccccc31)c1[nH]c3ccccc3c1CCN2C(=O)NCCC. The van der Waals surface area contributed by atoms with E-state index < -0.39 is 5.54 Å². The highest BCUT2D eigenvalue weighted by Gasteiger charge is 2.60. The number of benzene rings is 2. The molecule has 33 heavy (non-hydrogen) atoms. The van der Waals surface area contributed by atoms with Gasteiger partial charge in [-0.3, -0.25) is 4.79 Å². The number of anilines is 1. The lowest BCUT2D eigenvalue weighted by molar-refractivity contribution is -0.126. The highest BCUT2D eigenvalue weighted by molar-refractivity contribution is 6.12. The first-order valence-electron chi connectivity index (χ1n) is 12.2. The topological polar surface area (TPSA) is 68.4 Å². The van der Waals surface area contributed by atoms with Gasteiger partial charge in [-0.2, -0.15) is 0 Å². The summed E-state index contributed by atoms with van der Waals surface area (Å²) >= 11 is 0. The molecular weight excluding hydrogens is 412 g/mol. The minimum atomic E-state index is -1.17. The number of H-pyrrole nitrogens is 1. The van der Waals surface area contributed by atoms with E-state index >= 15 is 0 Å². The lowest BCUT2D eigenvalue weighted by atomic mass is 9.80. The number of rotatable bonds is 6. The fourth-order valence-corrected chi connectivity index (χ4v) is 5.56. The smallest absolute Gasteiger partial charge is 0.318 e. The molecule has 2 aliphatic rings. The Balaban J connectivity index is 1.73. The van der Waals surface area contributed by atoms with Crippen LogP contribution < -0.4 is 10.2 Å². The van der Waals surface area contributed by atoms with Crippen LogP contribution in [0.25, 0.3) is 10.9 Å². The first-order valence-corrected chi connectivity index (χ1v) is 12.2. The van der Waals surface area contributed by atoms with Crippen LogP contribution >= 0.6 is 0 Å². The molecule has 0 unspecified atom stereocenters. The molecule has 2 aliphatic heterocycles.